The predicted molar refractivity (Wildman–Crippen MR) is 133 cm³/mol. The second-order valence-electron chi connectivity index (χ2n) is 8.67. The van der Waals surface area contributed by atoms with Gasteiger partial charge in [0.2, 0.25) is 0 Å². The molecule has 0 aliphatic carbocycles. The SMILES string of the molecule is O=C(O)C=CC(=O)O.O=C1OC(Cc2ccc(F)cc2)CN1C(CCN1CCOCC1)c1ccccc1. The number of rotatable bonds is 9. The smallest absolute Gasteiger partial charge is 0.410 e. The Hall–Kier alpha value is -3.76. The number of carbonyl (C=O) groups excluding carboxylic acids is 1. The average molecular weight is 515 g/mol. The van der Waals surface area contributed by atoms with Crippen LogP contribution in [0.1, 0.15) is 23.6 Å². The summed E-state index contributed by atoms with van der Waals surface area (Å²) >= 11 is 0. The second-order valence-corrected chi connectivity index (χ2v) is 8.67. The molecule has 2 aliphatic heterocycles. The van der Waals surface area contributed by atoms with E-state index in [2.05, 4.69) is 17.0 Å². The molecule has 37 heavy (non-hydrogen) atoms. The highest BCUT2D eigenvalue weighted by Crippen LogP contribution is 2.30. The summed E-state index contributed by atoms with van der Waals surface area (Å²) in [6.07, 6.45) is 2.07. The molecule has 0 aromatic heterocycles. The number of aliphatic carboxylic acids is 2. The summed E-state index contributed by atoms with van der Waals surface area (Å²) in [7, 11) is 0. The molecule has 2 saturated heterocycles. The first-order valence-corrected chi connectivity index (χ1v) is 12.0. The number of cyclic esters (lactones) is 1. The van der Waals surface area contributed by atoms with Crippen LogP contribution in [-0.4, -0.2) is 83.5 Å². The van der Waals surface area contributed by atoms with E-state index in [1.807, 2.05) is 23.1 Å². The topological polar surface area (TPSA) is 117 Å². The number of hydrogen-bond acceptors (Lipinski definition) is 6. The molecule has 2 atom stereocenters. The Kier molecular flexibility index (Phi) is 10.6. The lowest BCUT2D eigenvalue weighted by Gasteiger charge is -2.31. The Balaban J connectivity index is 0.000000414. The molecule has 4 rings (SSSR count). The summed E-state index contributed by atoms with van der Waals surface area (Å²) in [5.41, 5.74) is 2.09. The van der Waals surface area contributed by atoms with Crippen molar-refractivity contribution < 1.29 is 38.5 Å². The van der Waals surface area contributed by atoms with Crippen LogP contribution < -0.4 is 0 Å². The number of hydrogen-bond donors (Lipinski definition) is 2. The van der Waals surface area contributed by atoms with Crippen LogP contribution in [0.2, 0.25) is 0 Å². The minimum Gasteiger partial charge on any atom is -0.478 e. The van der Waals surface area contributed by atoms with E-state index < -0.39 is 11.9 Å². The van der Waals surface area contributed by atoms with Crippen molar-refractivity contribution in [1.29, 1.82) is 0 Å². The third kappa shape index (κ3) is 9.32. The largest absolute Gasteiger partial charge is 0.478 e. The zero-order valence-corrected chi connectivity index (χ0v) is 20.4. The van der Waals surface area contributed by atoms with E-state index in [1.54, 1.807) is 12.1 Å². The van der Waals surface area contributed by atoms with Gasteiger partial charge in [0.05, 0.1) is 25.8 Å². The highest BCUT2D eigenvalue weighted by Gasteiger charge is 2.36. The first-order chi connectivity index (χ1) is 17.8. The van der Waals surface area contributed by atoms with Gasteiger partial charge in [0.15, 0.2) is 0 Å². The molecule has 0 saturated carbocycles. The molecule has 2 fully saturated rings. The quantitative estimate of drug-likeness (QED) is 0.490. The fraction of sp³-hybridized carbons (Fsp3) is 0.370. The molecule has 2 N–H and O–H groups in total. The lowest BCUT2D eigenvalue weighted by atomic mass is 10.0. The van der Waals surface area contributed by atoms with Crippen LogP contribution >= 0.6 is 0 Å². The molecular weight excluding hydrogens is 483 g/mol. The van der Waals surface area contributed by atoms with E-state index in [0.717, 1.165) is 50.4 Å². The molecule has 2 aliphatic rings. The van der Waals surface area contributed by atoms with E-state index in [1.165, 1.54) is 12.1 Å². The van der Waals surface area contributed by atoms with Gasteiger partial charge in [0.1, 0.15) is 11.9 Å². The van der Waals surface area contributed by atoms with Crippen LogP contribution in [0, 0.1) is 5.82 Å². The zero-order valence-electron chi connectivity index (χ0n) is 20.4. The van der Waals surface area contributed by atoms with Gasteiger partial charge in [0, 0.05) is 38.2 Å². The zero-order chi connectivity index (χ0) is 26.6. The highest BCUT2D eigenvalue weighted by atomic mass is 19.1. The fourth-order valence-corrected chi connectivity index (χ4v) is 4.24. The average Bonchev–Trinajstić information content (AvgIpc) is 3.25. The number of carboxylic acids is 2. The Bertz CT molecular complexity index is 1040. The number of ether oxygens (including phenoxy) is 2. The molecule has 2 aromatic rings. The van der Waals surface area contributed by atoms with Crippen molar-refractivity contribution in [3.63, 3.8) is 0 Å². The van der Waals surface area contributed by atoms with Crippen molar-refractivity contribution >= 4 is 18.0 Å². The maximum Gasteiger partial charge on any atom is 0.410 e. The Morgan fingerprint density at radius 3 is 2.22 bits per heavy atom. The molecule has 9 nitrogen and oxygen atoms in total. The number of morpholine rings is 1. The van der Waals surface area contributed by atoms with Gasteiger partial charge in [0.25, 0.3) is 0 Å². The van der Waals surface area contributed by atoms with Crippen molar-refractivity contribution in [3.8, 4) is 0 Å². The van der Waals surface area contributed by atoms with E-state index in [9.17, 15) is 18.8 Å². The molecule has 2 heterocycles. The molecule has 1 amide bonds. The van der Waals surface area contributed by atoms with Crippen LogP contribution in [0.3, 0.4) is 0 Å². The van der Waals surface area contributed by atoms with Crippen LogP contribution in [0.5, 0.6) is 0 Å². The lowest BCUT2D eigenvalue weighted by Crippen LogP contribution is -2.39. The van der Waals surface area contributed by atoms with Crippen LogP contribution in [0.15, 0.2) is 66.7 Å². The first-order valence-electron chi connectivity index (χ1n) is 12.0. The number of amides is 1. The third-order valence-electron chi connectivity index (χ3n) is 6.03. The molecule has 0 radical (unpaired) electrons. The van der Waals surface area contributed by atoms with Crippen molar-refractivity contribution in [2.24, 2.45) is 0 Å². The van der Waals surface area contributed by atoms with Gasteiger partial charge in [-0.15, -0.1) is 0 Å². The standard InChI is InChI=1S/C23H27FN2O3.C4H4O4/c24-20-8-6-18(7-9-20)16-21-17-26(23(27)29-21)22(19-4-2-1-3-5-19)10-11-25-12-14-28-15-13-25;5-3(6)1-2-4(7)8/h1-9,21-22H,10-17H2;1-2H,(H,5,6)(H,7,8). The number of carboxylic acid groups (broad SMARTS) is 2. The maximum absolute atomic E-state index is 13.2. The van der Waals surface area contributed by atoms with Crippen LogP contribution in [0.4, 0.5) is 9.18 Å². The van der Waals surface area contributed by atoms with Crippen molar-refractivity contribution in [2.45, 2.75) is 25.0 Å². The summed E-state index contributed by atoms with van der Waals surface area (Å²) in [4.78, 5) is 36.0. The number of nitrogens with zero attached hydrogens (tertiary/aromatic N) is 2. The van der Waals surface area contributed by atoms with Gasteiger partial charge in [-0.2, -0.15) is 0 Å². The Morgan fingerprint density at radius 2 is 1.62 bits per heavy atom. The van der Waals surface area contributed by atoms with Gasteiger partial charge in [-0.1, -0.05) is 42.5 Å². The normalized spacial score (nSPS) is 18.7. The number of halogens is 1. The van der Waals surface area contributed by atoms with Crippen molar-refractivity contribution in [1.82, 2.24) is 9.80 Å². The minimum absolute atomic E-state index is 0.0234. The monoisotopic (exact) mass is 514 g/mol. The van der Waals surface area contributed by atoms with Gasteiger partial charge >= 0.3 is 18.0 Å². The second kappa shape index (κ2) is 14.1. The maximum atomic E-state index is 13.2. The van der Waals surface area contributed by atoms with Gasteiger partial charge in [-0.05, 0) is 29.7 Å². The summed E-state index contributed by atoms with van der Waals surface area (Å²) in [5.74, 6) is -2.77. The molecule has 2 unspecified atom stereocenters. The van der Waals surface area contributed by atoms with Crippen LogP contribution in [0.25, 0.3) is 0 Å². The molecular formula is C27H31FN2O7. The lowest BCUT2D eigenvalue weighted by molar-refractivity contribution is -0.134. The summed E-state index contributed by atoms with van der Waals surface area (Å²) in [6.45, 7) is 4.84. The number of benzene rings is 2. The molecule has 198 valence electrons. The van der Waals surface area contributed by atoms with Crippen molar-refractivity contribution in [3.05, 3.63) is 83.7 Å². The van der Waals surface area contributed by atoms with E-state index in [-0.39, 0.29) is 24.1 Å². The Morgan fingerprint density at radius 1 is 1.00 bits per heavy atom. The van der Waals surface area contributed by atoms with Gasteiger partial charge < -0.3 is 19.7 Å². The summed E-state index contributed by atoms with van der Waals surface area (Å²) < 4.78 is 24.2. The fourth-order valence-electron chi connectivity index (χ4n) is 4.24. The van der Waals surface area contributed by atoms with Gasteiger partial charge in [-0.3, -0.25) is 9.80 Å². The summed E-state index contributed by atoms with van der Waals surface area (Å²) in [6, 6.07) is 16.5. The Labute approximate surface area is 214 Å². The van der Waals surface area contributed by atoms with Crippen LogP contribution in [-0.2, 0) is 25.5 Å². The molecule has 0 spiro atoms. The molecule has 0 bridgehead atoms. The minimum atomic E-state index is -1.26. The van der Waals surface area contributed by atoms with E-state index >= 15 is 0 Å². The molecule has 2 aromatic carbocycles. The predicted octanol–water partition coefficient (Wildman–Crippen LogP) is 3.36. The molecule has 10 heteroatoms. The van der Waals surface area contributed by atoms with E-state index in [4.69, 9.17) is 19.7 Å². The first kappa shape index (κ1) is 27.8. The third-order valence-corrected chi connectivity index (χ3v) is 6.03. The summed E-state index contributed by atoms with van der Waals surface area (Å²) in [5, 5.41) is 15.6. The van der Waals surface area contributed by atoms with E-state index in [0.29, 0.717) is 25.1 Å². The highest BCUT2D eigenvalue weighted by molar-refractivity contribution is 5.89. The van der Waals surface area contributed by atoms with Gasteiger partial charge in [-0.25, -0.2) is 18.8 Å². The van der Waals surface area contributed by atoms with Crippen molar-refractivity contribution in [2.75, 3.05) is 39.4 Å². The number of carbonyl (C=O) groups is 3.